The summed E-state index contributed by atoms with van der Waals surface area (Å²) in [6, 6.07) is 51.1. The van der Waals surface area contributed by atoms with Crippen LogP contribution in [0, 0.1) is 0 Å². The molecular weight excluding hydrogens is 548 g/mol. The Labute approximate surface area is 258 Å². The Bertz CT molecular complexity index is 2810. The molecule has 0 spiro atoms. The van der Waals surface area contributed by atoms with E-state index in [-0.39, 0.29) is 0 Å². The van der Waals surface area contributed by atoms with Crippen molar-refractivity contribution in [3.05, 3.63) is 146 Å². The van der Waals surface area contributed by atoms with Crippen molar-refractivity contribution < 1.29 is 4.42 Å². The molecule has 3 nitrogen and oxygen atoms in total. The number of hydrogen-bond donors (Lipinski definition) is 0. The summed E-state index contributed by atoms with van der Waals surface area (Å²) in [6.45, 7) is 0. The highest BCUT2D eigenvalue weighted by Gasteiger charge is 2.23. The predicted molar refractivity (Wildman–Crippen MR) is 188 cm³/mol. The maximum atomic E-state index is 6.79. The lowest BCUT2D eigenvalue weighted by Crippen LogP contribution is -1.97. The van der Waals surface area contributed by atoms with Crippen molar-refractivity contribution in [3.8, 4) is 22.6 Å². The summed E-state index contributed by atoms with van der Waals surface area (Å²) in [4.78, 5) is 10.7. The van der Waals surface area contributed by atoms with Gasteiger partial charge >= 0.3 is 0 Å². The zero-order chi connectivity index (χ0) is 29.5. The fourth-order valence-corrected chi connectivity index (χ4v) is 7.27. The van der Waals surface area contributed by atoms with Crippen molar-refractivity contribution in [2.24, 2.45) is 0 Å². The van der Waals surface area contributed by atoms with Crippen LogP contribution in [0.2, 0.25) is 0 Å². The molecule has 0 aliphatic heterocycles. The molecule has 8 aromatic carbocycles. The molecule has 0 saturated heterocycles. The Hall–Kier alpha value is -6.06. The minimum absolute atomic E-state index is 0.687. The Morgan fingerprint density at radius 3 is 1.84 bits per heavy atom. The van der Waals surface area contributed by atoms with Crippen molar-refractivity contribution in [2.45, 2.75) is 0 Å². The number of hydrogen-bond acceptors (Lipinski definition) is 3. The van der Waals surface area contributed by atoms with Gasteiger partial charge in [0.15, 0.2) is 5.82 Å². The number of aromatic nitrogens is 2. The largest absolute Gasteiger partial charge is 0.455 e. The van der Waals surface area contributed by atoms with Crippen molar-refractivity contribution in [1.29, 1.82) is 0 Å². The molecule has 0 aliphatic rings. The van der Waals surface area contributed by atoms with Crippen LogP contribution in [-0.4, -0.2) is 9.97 Å². The molecule has 0 bridgehead atoms. The van der Waals surface area contributed by atoms with Crippen LogP contribution >= 0.6 is 0 Å². The van der Waals surface area contributed by atoms with Crippen LogP contribution in [0.3, 0.4) is 0 Å². The average molecular weight is 573 g/mol. The maximum absolute atomic E-state index is 6.79. The van der Waals surface area contributed by atoms with Gasteiger partial charge < -0.3 is 4.42 Å². The molecule has 0 saturated carbocycles. The van der Waals surface area contributed by atoms with Gasteiger partial charge in [-0.25, -0.2) is 9.97 Å². The average Bonchev–Trinajstić information content (AvgIpc) is 3.51. The molecule has 10 rings (SSSR count). The smallest absolute Gasteiger partial charge is 0.161 e. The van der Waals surface area contributed by atoms with E-state index in [1.165, 1.54) is 26.9 Å². The van der Waals surface area contributed by atoms with Crippen LogP contribution in [-0.2, 0) is 0 Å². The molecule has 0 radical (unpaired) electrons. The predicted octanol–water partition coefficient (Wildman–Crippen LogP) is 11.5. The Morgan fingerprint density at radius 1 is 0.422 bits per heavy atom. The summed E-state index contributed by atoms with van der Waals surface area (Å²) >= 11 is 0. The van der Waals surface area contributed by atoms with Crippen LogP contribution in [0.25, 0.3) is 98.6 Å². The zero-order valence-electron chi connectivity index (χ0n) is 24.2. The van der Waals surface area contributed by atoms with Crippen LogP contribution in [0.15, 0.2) is 150 Å². The van der Waals surface area contributed by atoms with E-state index in [1.807, 2.05) is 12.1 Å². The van der Waals surface area contributed by atoms with E-state index in [9.17, 15) is 0 Å². The first-order chi connectivity index (χ1) is 22.3. The second-order valence-electron chi connectivity index (χ2n) is 11.7. The number of furan rings is 1. The third-order valence-electron chi connectivity index (χ3n) is 9.23. The molecule has 0 N–H and O–H groups in total. The lowest BCUT2D eigenvalue weighted by molar-refractivity contribution is 0.673. The molecule has 2 aromatic heterocycles. The van der Waals surface area contributed by atoms with Gasteiger partial charge in [0.2, 0.25) is 0 Å². The molecule has 0 atom stereocenters. The standard InChI is InChI=1S/C42H24N2O/c1-2-13-26(14-3-1)40-39-27-15-5-4-12-25(27)22-23-35(39)43-42(44-40)34-24-33-30-18-7-6-16-28(30)29-17-8-9-19-31(29)37(33)41-38(34)32-20-10-11-21-36(32)45-41/h1-24H. The highest BCUT2D eigenvalue weighted by Crippen LogP contribution is 2.46. The number of para-hydroxylation sites is 1. The molecule has 208 valence electrons. The minimum Gasteiger partial charge on any atom is -0.455 e. The number of rotatable bonds is 2. The topological polar surface area (TPSA) is 38.9 Å². The van der Waals surface area contributed by atoms with Crippen LogP contribution in [0.4, 0.5) is 0 Å². The van der Waals surface area contributed by atoms with Gasteiger partial charge in [0.1, 0.15) is 11.2 Å². The van der Waals surface area contributed by atoms with Gasteiger partial charge in [-0.3, -0.25) is 0 Å². The second-order valence-corrected chi connectivity index (χ2v) is 11.7. The number of benzene rings is 8. The van der Waals surface area contributed by atoms with E-state index in [0.29, 0.717) is 5.82 Å². The molecule has 0 amide bonds. The van der Waals surface area contributed by atoms with Crippen molar-refractivity contribution in [2.75, 3.05) is 0 Å². The fourth-order valence-electron chi connectivity index (χ4n) is 7.27. The van der Waals surface area contributed by atoms with E-state index >= 15 is 0 Å². The molecule has 0 unspecified atom stereocenters. The zero-order valence-corrected chi connectivity index (χ0v) is 24.2. The van der Waals surface area contributed by atoms with Crippen molar-refractivity contribution in [3.63, 3.8) is 0 Å². The van der Waals surface area contributed by atoms with E-state index in [4.69, 9.17) is 14.4 Å². The Balaban J connectivity index is 1.43. The minimum atomic E-state index is 0.687. The molecule has 0 aliphatic carbocycles. The quantitative estimate of drug-likeness (QED) is 0.193. The summed E-state index contributed by atoms with van der Waals surface area (Å²) < 4.78 is 6.79. The molecule has 2 heterocycles. The number of fused-ring (bicyclic) bond motifs is 13. The molecule has 0 fully saturated rings. The highest BCUT2D eigenvalue weighted by atomic mass is 16.3. The van der Waals surface area contributed by atoms with Gasteiger partial charge in [0.05, 0.1) is 11.2 Å². The van der Waals surface area contributed by atoms with Gasteiger partial charge in [-0.15, -0.1) is 0 Å². The van der Waals surface area contributed by atoms with Gasteiger partial charge in [-0.2, -0.15) is 0 Å². The van der Waals surface area contributed by atoms with Crippen molar-refractivity contribution in [1.82, 2.24) is 9.97 Å². The summed E-state index contributed by atoms with van der Waals surface area (Å²) in [5, 5.41) is 12.5. The second kappa shape index (κ2) is 9.22. The SMILES string of the molecule is c1ccc(-c2nc(-c3cc4c5ccccc5c5ccccc5c4c4oc5ccccc5c34)nc3ccc4ccccc4c23)cc1. The summed E-state index contributed by atoms with van der Waals surface area (Å²) in [5.74, 6) is 0.687. The van der Waals surface area contributed by atoms with Crippen LogP contribution in [0.5, 0.6) is 0 Å². The summed E-state index contributed by atoms with van der Waals surface area (Å²) in [5.41, 5.74) is 5.60. The van der Waals surface area contributed by atoms with Gasteiger partial charge in [0.25, 0.3) is 0 Å². The van der Waals surface area contributed by atoms with E-state index in [0.717, 1.165) is 65.8 Å². The van der Waals surface area contributed by atoms with Crippen molar-refractivity contribution >= 4 is 75.9 Å². The first kappa shape index (κ1) is 24.4. The van der Waals surface area contributed by atoms with Gasteiger partial charge in [0, 0.05) is 32.7 Å². The van der Waals surface area contributed by atoms with E-state index in [2.05, 4.69) is 133 Å². The number of nitrogens with zero attached hydrogens (tertiary/aromatic N) is 2. The maximum Gasteiger partial charge on any atom is 0.161 e. The van der Waals surface area contributed by atoms with Gasteiger partial charge in [-0.1, -0.05) is 127 Å². The lowest BCUT2D eigenvalue weighted by Gasteiger charge is -2.15. The monoisotopic (exact) mass is 572 g/mol. The van der Waals surface area contributed by atoms with E-state index < -0.39 is 0 Å². The van der Waals surface area contributed by atoms with Crippen LogP contribution < -0.4 is 0 Å². The lowest BCUT2D eigenvalue weighted by atomic mass is 9.91. The molecular formula is C42H24N2O. The highest BCUT2D eigenvalue weighted by molar-refractivity contribution is 6.34. The summed E-state index contributed by atoms with van der Waals surface area (Å²) in [7, 11) is 0. The normalized spacial score (nSPS) is 12.0. The first-order valence-corrected chi connectivity index (χ1v) is 15.3. The molecule has 3 heteroatoms. The third kappa shape index (κ3) is 3.46. The van der Waals surface area contributed by atoms with Crippen LogP contribution in [0.1, 0.15) is 0 Å². The molecule has 45 heavy (non-hydrogen) atoms. The Morgan fingerprint density at radius 2 is 1.04 bits per heavy atom. The first-order valence-electron chi connectivity index (χ1n) is 15.3. The fraction of sp³-hybridized carbons (Fsp3) is 0. The van der Waals surface area contributed by atoms with Gasteiger partial charge in [-0.05, 0) is 55.9 Å². The Kier molecular flexibility index (Phi) is 5.00. The molecule has 10 aromatic rings. The third-order valence-corrected chi connectivity index (χ3v) is 9.23. The van der Waals surface area contributed by atoms with E-state index in [1.54, 1.807) is 0 Å². The summed E-state index contributed by atoms with van der Waals surface area (Å²) in [6.07, 6.45) is 0.